The van der Waals surface area contributed by atoms with Gasteiger partial charge in [0.2, 0.25) is 0 Å². The lowest BCUT2D eigenvalue weighted by atomic mass is 10.0. The van der Waals surface area contributed by atoms with Gasteiger partial charge in [-0.05, 0) is 35.9 Å². The normalized spacial score (nSPS) is 13.6. The van der Waals surface area contributed by atoms with Gasteiger partial charge >= 0.3 is 0 Å². The lowest BCUT2D eigenvalue weighted by Gasteiger charge is -2.15. The summed E-state index contributed by atoms with van der Waals surface area (Å²) in [6.07, 6.45) is 0. The maximum Gasteiger partial charge on any atom is 0.278 e. The number of rotatable bonds is 9. The van der Waals surface area contributed by atoms with E-state index in [9.17, 15) is 9.59 Å². The standard InChI is InChI=1S/C22H23ClN2O6/c1-28-10-9-25-21(26)19(13-5-7-17(30-3)18(11-13)31-4)20(22(25)27)24-15-12-14(23)6-8-16(15)29-2/h5-8,11-12,24H,9-10H2,1-4H3. The molecule has 0 aromatic heterocycles. The summed E-state index contributed by atoms with van der Waals surface area (Å²) in [7, 11) is 6.03. The van der Waals surface area contributed by atoms with E-state index < -0.39 is 11.8 Å². The Morgan fingerprint density at radius 2 is 1.55 bits per heavy atom. The molecule has 2 aromatic carbocycles. The first-order chi connectivity index (χ1) is 14.9. The van der Waals surface area contributed by atoms with Gasteiger partial charge in [-0.1, -0.05) is 17.7 Å². The molecule has 0 radical (unpaired) electrons. The van der Waals surface area contributed by atoms with E-state index in [1.165, 1.54) is 28.4 Å². The number of nitrogens with zero attached hydrogens (tertiary/aromatic N) is 1. The number of anilines is 1. The first kappa shape index (κ1) is 22.5. The smallest absolute Gasteiger partial charge is 0.278 e. The van der Waals surface area contributed by atoms with Crippen LogP contribution in [0.2, 0.25) is 5.02 Å². The Labute approximate surface area is 185 Å². The predicted octanol–water partition coefficient (Wildman–Crippen LogP) is 3.20. The van der Waals surface area contributed by atoms with Crippen molar-refractivity contribution in [3.63, 3.8) is 0 Å². The number of methoxy groups -OCH3 is 4. The molecule has 0 saturated heterocycles. The van der Waals surface area contributed by atoms with Crippen molar-refractivity contribution in [2.24, 2.45) is 0 Å². The molecule has 0 unspecified atom stereocenters. The van der Waals surface area contributed by atoms with Crippen molar-refractivity contribution < 1.29 is 28.5 Å². The van der Waals surface area contributed by atoms with Crippen LogP contribution >= 0.6 is 11.6 Å². The third-order valence-corrected chi connectivity index (χ3v) is 5.02. The molecule has 0 aliphatic carbocycles. The summed E-state index contributed by atoms with van der Waals surface area (Å²) < 4.78 is 21.1. The van der Waals surface area contributed by atoms with Gasteiger partial charge in [0.1, 0.15) is 11.4 Å². The van der Waals surface area contributed by atoms with Crippen LogP contribution in [0.15, 0.2) is 42.1 Å². The van der Waals surface area contributed by atoms with Crippen LogP contribution < -0.4 is 19.5 Å². The van der Waals surface area contributed by atoms with Crippen LogP contribution in [0.4, 0.5) is 5.69 Å². The SMILES string of the molecule is COCCN1C(=O)C(Nc2cc(Cl)ccc2OC)=C(c2ccc(OC)c(OC)c2)C1=O. The fourth-order valence-corrected chi connectivity index (χ4v) is 3.42. The fourth-order valence-electron chi connectivity index (χ4n) is 3.25. The second-order valence-electron chi connectivity index (χ2n) is 6.54. The van der Waals surface area contributed by atoms with E-state index in [4.69, 9.17) is 30.5 Å². The summed E-state index contributed by atoms with van der Waals surface area (Å²) in [5, 5.41) is 3.50. The molecule has 1 aliphatic heterocycles. The summed E-state index contributed by atoms with van der Waals surface area (Å²) >= 11 is 6.13. The number of halogens is 1. The molecule has 0 saturated carbocycles. The van der Waals surface area contributed by atoms with Gasteiger partial charge in [0.05, 0.1) is 45.7 Å². The van der Waals surface area contributed by atoms with Crippen molar-refractivity contribution in [1.82, 2.24) is 4.90 Å². The van der Waals surface area contributed by atoms with E-state index in [0.29, 0.717) is 33.5 Å². The average molecular weight is 447 g/mol. The van der Waals surface area contributed by atoms with E-state index in [1.54, 1.807) is 36.4 Å². The predicted molar refractivity (Wildman–Crippen MR) is 117 cm³/mol. The zero-order valence-electron chi connectivity index (χ0n) is 17.7. The molecule has 31 heavy (non-hydrogen) atoms. The van der Waals surface area contributed by atoms with E-state index in [2.05, 4.69) is 5.32 Å². The number of nitrogens with one attached hydrogen (secondary N) is 1. The number of amides is 2. The van der Waals surface area contributed by atoms with Crippen molar-refractivity contribution in [2.75, 3.05) is 46.9 Å². The molecule has 164 valence electrons. The fraction of sp³-hybridized carbons (Fsp3) is 0.273. The molecule has 9 heteroatoms. The number of hydrogen-bond donors (Lipinski definition) is 1. The number of carbonyl (C=O) groups excluding carboxylic acids is 2. The first-order valence-electron chi connectivity index (χ1n) is 9.37. The first-order valence-corrected chi connectivity index (χ1v) is 9.75. The minimum absolute atomic E-state index is 0.105. The highest BCUT2D eigenvalue weighted by Crippen LogP contribution is 2.37. The Morgan fingerprint density at radius 3 is 2.19 bits per heavy atom. The van der Waals surface area contributed by atoms with Crippen molar-refractivity contribution in [1.29, 1.82) is 0 Å². The van der Waals surface area contributed by atoms with Crippen LogP contribution in [0, 0.1) is 0 Å². The monoisotopic (exact) mass is 446 g/mol. The number of benzene rings is 2. The third kappa shape index (κ3) is 4.45. The summed E-state index contributed by atoms with van der Waals surface area (Å²) in [4.78, 5) is 27.5. The molecule has 1 N–H and O–H groups in total. The molecule has 1 aliphatic rings. The van der Waals surface area contributed by atoms with Crippen LogP contribution in [-0.2, 0) is 14.3 Å². The van der Waals surface area contributed by atoms with Gasteiger partial charge < -0.3 is 24.3 Å². The van der Waals surface area contributed by atoms with Gasteiger partial charge in [-0.25, -0.2) is 0 Å². The van der Waals surface area contributed by atoms with Gasteiger partial charge in [0.15, 0.2) is 11.5 Å². The lowest BCUT2D eigenvalue weighted by molar-refractivity contribution is -0.137. The molecule has 8 nitrogen and oxygen atoms in total. The quantitative estimate of drug-likeness (QED) is 0.592. The van der Waals surface area contributed by atoms with E-state index in [1.807, 2.05) is 0 Å². The molecule has 2 aromatic rings. The lowest BCUT2D eigenvalue weighted by Crippen LogP contribution is -2.35. The molecule has 0 bridgehead atoms. The maximum atomic E-state index is 13.2. The van der Waals surface area contributed by atoms with Crippen LogP contribution in [0.5, 0.6) is 17.2 Å². The second-order valence-corrected chi connectivity index (χ2v) is 6.98. The zero-order valence-corrected chi connectivity index (χ0v) is 18.4. The third-order valence-electron chi connectivity index (χ3n) is 4.78. The Morgan fingerprint density at radius 1 is 0.871 bits per heavy atom. The number of ether oxygens (including phenoxy) is 4. The number of hydrogen-bond acceptors (Lipinski definition) is 7. The van der Waals surface area contributed by atoms with Gasteiger partial charge in [0.25, 0.3) is 11.8 Å². The van der Waals surface area contributed by atoms with Crippen molar-refractivity contribution >= 4 is 34.7 Å². The molecule has 1 heterocycles. The zero-order chi connectivity index (χ0) is 22.5. The van der Waals surface area contributed by atoms with Crippen LogP contribution in [-0.4, -0.2) is 58.3 Å². The maximum absolute atomic E-state index is 13.2. The van der Waals surface area contributed by atoms with Crippen molar-refractivity contribution in [3.05, 3.63) is 52.7 Å². The highest BCUT2D eigenvalue weighted by atomic mass is 35.5. The second kappa shape index (κ2) is 9.72. The number of imide groups is 1. The minimum Gasteiger partial charge on any atom is -0.495 e. The summed E-state index contributed by atoms with van der Waals surface area (Å²) in [6, 6.07) is 9.98. The summed E-state index contributed by atoms with van der Waals surface area (Å²) in [6.45, 7) is 0.327. The van der Waals surface area contributed by atoms with E-state index >= 15 is 0 Å². The molecular weight excluding hydrogens is 424 g/mol. The van der Waals surface area contributed by atoms with E-state index in [0.717, 1.165) is 4.90 Å². The minimum atomic E-state index is -0.478. The number of carbonyl (C=O) groups is 2. The molecule has 2 amide bonds. The van der Waals surface area contributed by atoms with Gasteiger partial charge in [-0.3, -0.25) is 14.5 Å². The molecule has 0 fully saturated rings. The Hall–Kier alpha value is -3.23. The molecule has 3 rings (SSSR count). The average Bonchev–Trinajstić information content (AvgIpc) is 3.01. The van der Waals surface area contributed by atoms with Gasteiger partial charge in [0, 0.05) is 12.1 Å². The van der Waals surface area contributed by atoms with Crippen LogP contribution in [0.1, 0.15) is 5.56 Å². The van der Waals surface area contributed by atoms with Gasteiger partial charge in [-0.2, -0.15) is 0 Å². The van der Waals surface area contributed by atoms with Crippen molar-refractivity contribution in [2.45, 2.75) is 0 Å². The summed E-state index contributed by atoms with van der Waals surface area (Å²) in [5.74, 6) is 0.486. The van der Waals surface area contributed by atoms with Crippen LogP contribution in [0.3, 0.4) is 0 Å². The van der Waals surface area contributed by atoms with Crippen molar-refractivity contribution in [3.8, 4) is 17.2 Å². The van der Waals surface area contributed by atoms with Gasteiger partial charge in [-0.15, -0.1) is 0 Å². The Balaban J connectivity index is 2.13. The van der Waals surface area contributed by atoms with E-state index in [-0.39, 0.29) is 24.4 Å². The molecule has 0 atom stereocenters. The Bertz CT molecular complexity index is 1040. The topological polar surface area (TPSA) is 86.3 Å². The summed E-state index contributed by atoms with van der Waals surface area (Å²) in [5.41, 5.74) is 1.26. The Kier molecular flexibility index (Phi) is 7.04. The largest absolute Gasteiger partial charge is 0.495 e. The molecule has 0 spiro atoms. The van der Waals surface area contributed by atoms with Crippen LogP contribution in [0.25, 0.3) is 5.57 Å². The molecular formula is C22H23ClN2O6. The highest BCUT2D eigenvalue weighted by Gasteiger charge is 2.39. The highest BCUT2D eigenvalue weighted by molar-refractivity contribution is 6.36.